The minimum Gasteiger partial charge on any atom is -0.497 e. The fraction of sp³-hybridized carbons (Fsp3) is 0.440. The topological polar surface area (TPSA) is 70.7 Å². The molecule has 0 aliphatic carbocycles. The number of aryl methyl sites for hydroxylation is 1. The minimum atomic E-state index is -0.317. The largest absolute Gasteiger partial charge is 0.497 e. The number of hydrogen-bond donors (Lipinski definition) is 2. The van der Waals surface area contributed by atoms with E-state index in [1.54, 1.807) is 13.2 Å². The highest BCUT2D eigenvalue weighted by molar-refractivity contribution is 6.01. The molecule has 2 aliphatic heterocycles. The van der Waals surface area contributed by atoms with Gasteiger partial charge in [0.25, 0.3) is 5.91 Å². The summed E-state index contributed by atoms with van der Waals surface area (Å²) in [6.45, 7) is 2.41. The molecule has 2 aliphatic rings. The number of nitrogens with one attached hydrogen (secondary N) is 2. The highest BCUT2D eigenvalue weighted by atomic mass is 16.5. The Morgan fingerprint density at radius 2 is 1.90 bits per heavy atom. The van der Waals surface area contributed by atoms with Crippen LogP contribution in [0.15, 0.2) is 42.5 Å². The lowest BCUT2D eigenvalue weighted by molar-refractivity contribution is -0.116. The van der Waals surface area contributed by atoms with Crippen LogP contribution in [-0.2, 0) is 11.2 Å². The quantitative estimate of drug-likeness (QED) is 0.714. The average Bonchev–Trinajstić information content (AvgIpc) is 3.08. The van der Waals surface area contributed by atoms with Crippen LogP contribution in [0, 0.1) is 5.92 Å². The predicted molar refractivity (Wildman–Crippen MR) is 121 cm³/mol. The lowest BCUT2D eigenvalue weighted by atomic mass is 9.91. The molecule has 2 heterocycles. The number of ether oxygens (including phenoxy) is 1. The Hall–Kier alpha value is -2.86. The predicted octanol–water partition coefficient (Wildman–Crippen LogP) is 3.78. The standard InChI is InChI=1S/C25H31N3O3/c1-28-13-11-18(12-14-28)4-3-17-5-7-19(8-6-17)26-24(29)16-23-21-10-9-20(31-2)15-22(21)25(30)27-23/h5-10,15,18,23H,3-4,11-14,16H2,1-2H3,(H,26,29)(H,27,30). The maximum Gasteiger partial charge on any atom is 0.252 e. The monoisotopic (exact) mass is 421 g/mol. The van der Waals surface area contributed by atoms with Crippen LogP contribution < -0.4 is 15.4 Å². The number of carbonyl (C=O) groups excluding carboxylic acids is 2. The van der Waals surface area contributed by atoms with E-state index in [9.17, 15) is 9.59 Å². The molecule has 1 atom stereocenters. The molecule has 0 bridgehead atoms. The number of nitrogens with zero attached hydrogens (tertiary/aromatic N) is 1. The van der Waals surface area contributed by atoms with Crippen molar-refractivity contribution in [3.05, 3.63) is 59.2 Å². The van der Waals surface area contributed by atoms with Gasteiger partial charge in [-0.2, -0.15) is 0 Å². The SMILES string of the molecule is COc1ccc2c(c1)C(=O)NC2CC(=O)Nc1ccc(CCC2CCN(C)CC2)cc1. The summed E-state index contributed by atoms with van der Waals surface area (Å²) in [7, 11) is 3.76. The summed E-state index contributed by atoms with van der Waals surface area (Å²) >= 11 is 0. The maximum absolute atomic E-state index is 12.6. The molecule has 6 heteroatoms. The van der Waals surface area contributed by atoms with E-state index in [0.717, 1.165) is 23.6 Å². The minimum absolute atomic E-state index is 0.118. The van der Waals surface area contributed by atoms with Crippen molar-refractivity contribution >= 4 is 17.5 Å². The molecule has 31 heavy (non-hydrogen) atoms. The number of hydrogen-bond acceptors (Lipinski definition) is 4. The van der Waals surface area contributed by atoms with Gasteiger partial charge in [-0.3, -0.25) is 9.59 Å². The van der Waals surface area contributed by atoms with E-state index >= 15 is 0 Å². The van der Waals surface area contributed by atoms with Crippen molar-refractivity contribution in [1.82, 2.24) is 10.2 Å². The summed E-state index contributed by atoms with van der Waals surface area (Å²) in [6.07, 6.45) is 5.08. The fourth-order valence-corrected chi connectivity index (χ4v) is 4.51. The molecular weight excluding hydrogens is 390 g/mol. The van der Waals surface area contributed by atoms with Gasteiger partial charge in [0.15, 0.2) is 0 Å². The molecule has 4 rings (SSSR count). The molecule has 2 aromatic rings. The second-order valence-corrected chi connectivity index (χ2v) is 8.71. The number of anilines is 1. The van der Waals surface area contributed by atoms with Crippen molar-refractivity contribution in [2.24, 2.45) is 5.92 Å². The van der Waals surface area contributed by atoms with Gasteiger partial charge in [-0.15, -0.1) is 0 Å². The highest BCUT2D eigenvalue weighted by Crippen LogP contribution is 2.31. The van der Waals surface area contributed by atoms with Crippen molar-refractivity contribution in [2.45, 2.75) is 38.1 Å². The fourth-order valence-electron chi connectivity index (χ4n) is 4.51. The molecule has 1 saturated heterocycles. The van der Waals surface area contributed by atoms with Gasteiger partial charge in [-0.1, -0.05) is 18.2 Å². The molecule has 0 spiro atoms. The molecule has 1 fully saturated rings. The zero-order chi connectivity index (χ0) is 21.8. The van der Waals surface area contributed by atoms with Gasteiger partial charge >= 0.3 is 0 Å². The number of carbonyl (C=O) groups is 2. The number of amides is 2. The van der Waals surface area contributed by atoms with Crippen molar-refractivity contribution in [3.63, 3.8) is 0 Å². The Balaban J connectivity index is 1.28. The number of likely N-dealkylation sites (tertiary alicyclic amines) is 1. The normalized spacial score (nSPS) is 19.0. The summed E-state index contributed by atoms with van der Waals surface area (Å²) in [5.74, 6) is 1.17. The van der Waals surface area contributed by atoms with E-state index in [1.807, 2.05) is 24.3 Å². The zero-order valence-electron chi connectivity index (χ0n) is 18.3. The van der Waals surface area contributed by atoms with Crippen LogP contribution in [0.4, 0.5) is 5.69 Å². The maximum atomic E-state index is 12.6. The number of piperidine rings is 1. The van der Waals surface area contributed by atoms with E-state index < -0.39 is 0 Å². The second kappa shape index (κ2) is 9.52. The van der Waals surface area contributed by atoms with Crippen LogP contribution >= 0.6 is 0 Å². The van der Waals surface area contributed by atoms with Crippen molar-refractivity contribution in [3.8, 4) is 5.75 Å². The molecule has 0 radical (unpaired) electrons. The first kappa shape index (κ1) is 21.4. The van der Waals surface area contributed by atoms with Crippen LogP contribution in [0.5, 0.6) is 5.75 Å². The third-order valence-electron chi connectivity index (χ3n) is 6.49. The van der Waals surface area contributed by atoms with E-state index in [1.165, 1.54) is 37.9 Å². The van der Waals surface area contributed by atoms with E-state index in [0.29, 0.717) is 11.3 Å². The Labute approximate surface area is 184 Å². The first-order valence-corrected chi connectivity index (χ1v) is 11.1. The summed E-state index contributed by atoms with van der Waals surface area (Å²) < 4.78 is 5.19. The van der Waals surface area contributed by atoms with Gasteiger partial charge in [-0.05, 0) is 87.1 Å². The van der Waals surface area contributed by atoms with Crippen molar-refractivity contribution in [2.75, 3.05) is 32.6 Å². The Kier molecular flexibility index (Phi) is 6.56. The Morgan fingerprint density at radius 1 is 1.16 bits per heavy atom. The number of benzene rings is 2. The molecule has 1 unspecified atom stereocenters. The third-order valence-corrected chi connectivity index (χ3v) is 6.49. The van der Waals surface area contributed by atoms with Crippen LogP contribution in [-0.4, -0.2) is 44.0 Å². The van der Waals surface area contributed by atoms with Crippen molar-refractivity contribution < 1.29 is 14.3 Å². The number of rotatable bonds is 7. The molecular formula is C25H31N3O3. The zero-order valence-corrected chi connectivity index (χ0v) is 18.3. The van der Waals surface area contributed by atoms with Gasteiger partial charge in [0.1, 0.15) is 5.75 Å². The van der Waals surface area contributed by atoms with Crippen LogP contribution in [0.2, 0.25) is 0 Å². The third kappa shape index (κ3) is 5.25. The molecule has 6 nitrogen and oxygen atoms in total. The van der Waals surface area contributed by atoms with Gasteiger partial charge < -0.3 is 20.3 Å². The van der Waals surface area contributed by atoms with E-state index in [-0.39, 0.29) is 24.3 Å². The van der Waals surface area contributed by atoms with Gasteiger partial charge in [-0.25, -0.2) is 0 Å². The summed E-state index contributed by atoms with van der Waals surface area (Å²) in [5.41, 5.74) is 3.51. The van der Waals surface area contributed by atoms with Crippen LogP contribution in [0.1, 0.15) is 53.2 Å². The molecule has 0 saturated carbocycles. The molecule has 2 aromatic carbocycles. The molecule has 164 valence electrons. The molecule has 2 N–H and O–H groups in total. The van der Waals surface area contributed by atoms with Crippen molar-refractivity contribution in [1.29, 1.82) is 0 Å². The first-order valence-electron chi connectivity index (χ1n) is 11.1. The Bertz CT molecular complexity index is 934. The summed E-state index contributed by atoms with van der Waals surface area (Å²) in [5, 5.41) is 5.84. The van der Waals surface area contributed by atoms with Gasteiger partial charge in [0, 0.05) is 11.3 Å². The number of methoxy groups -OCH3 is 1. The van der Waals surface area contributed by atoms with Crippen LogP contribution in [0.3, 0.4) is 0 Å². The number of fused-ring (bicyclic) bond motifs is 1. The summed E-state index contributed by atoms with van der Waals surface area (Å²) in [4.78, 5) is 27.2. The summed E-state index contributed by atoms with van der Waals surface area (Å²) in [6, 6.07) is 13.2. The molecule has 0 aromatic heterocycles. The molecule has 2 amide bonds. The second-order valence-electron chi connectivity index (χ2n) is 8.71. The Morgan fingerprint density at radius 3 is 2.61 bits per heavy atom. The smallest absolute Gasteiger partial charge is 0.252 e. The lowest BCUT2D eigenvalue weighted by Crippen LogP contribution is -2.30. The van der Waals surface area contributed by atoms with Gasteiger partial charge in [0.05, 0.1) is 19.6 Å². The lowest BCUT2D eigenvalue weighted by Gasteiger charge is -2.28. The van der Waals surface area contributed by atoms with E-state index in [4.69, 9.17) is 4.74 Å². The first-order chi connectivity index (χ1) is 15.0. The van der Waals surface area contributed by atoms with E-state index in [2.05, 4.69) is 34.7 Å². The van der Waals surface area contributed by atoms with Crippen LogP contribution in [0.25, 0.3) is 0 Å². The highest BCUT2D eigenvalue weighted by Gasteiger charge is 2.30. The average molecular weight is 422 g/mol. The van der Waals surface area contributed by atoms with Gasteiger partial charge in [0.2, 0.25) is 5.91 Å².